The van der Waals surface area contributed by atoms with Crippen LogP contribution in [-0.2, 0) is 9.84 Å². The topological polar surface area (TPSA) is 84.8 Å². The molecule has 0 spiro atoms. The van der Waals surface area contributed by atoms with Crippen molar-refractivity contribution in [3.8, 4) is 11.4 Å². The van der Waals surface area contributed by atoms with Crippen LogP contribution in [0.25, 0.3) is 11.4 Å². The number of hydrogen-bond donors (Lipinski definition) is 1. The minimum atomic E-state index is -3.35. The Morgan fingerprint density at radius 2 is 2.05 bits per heavy atom. The molecule has 1 atom stereocenters. The second-order valence-electron chi connectivity index (χ2n) is 5.49. The molecule has 1 aliphatic rings. The van der Waals surface area contributed by atoms with E-state index in [2.05, 4.69) is 20.3 Å². The van der Waals surface area contributed by atoms with E-state index in [1.54, 1.807) is 12.4 Å². The zero-order chi connectivity index (χ0) is 15.6. The standard InChI is InChI=1S/C15H18N4O2S/c1-22(20,21)13-10-18-15(11-4-7-16-8-5-11)19-14(13)12-3-2-6-17-9-12/h4-5,7-8,10,12,17H,2-3,6,9H2,1H3. The molecule has 1 unspecified atom stereocenters. The molecule has 0 aliphatic carbocycles. The van der Waals surface area contributed by atoms with Crippen molar-refractivity contribution in [3.05, 3.63) is 36.4 Å². The lowest BCUT2D eigenvalue weighted by atomic mass is 9.96. The maximum atomic E-state index is 12.0. The summed E-state index contributed by atoms with van der Waals surface area (Å²) in [5.74, 6) is 0.637. The predicted molar refractivity (Wildman–Crippen MR) is 83.2 cm³/mol. The van der Waals surface area contributed by atoms with E-state index in [9.17, 15) is 8.42 Å². The van der Waals surface area contributed by atoms with Gasteiger partial charge in [-0.2, -0.15) is 0 Å². The highest BCUT2D eigenvalue weighted by atomic mass is 32.2. The first kappa shape index (κ1) is 15.1. The number of aromatic nitrogens is 3. The summed E-state index contributed by atoms with van der Waals surface area (Å²) >= 11 is 0. The summed E-state index contributed by atoms with van der Waals surface area (Å²) in [5, 5.41) is 3.31. The van der Waals surface area contributed by atoms with Gasteiger partial charge in [-0.1, -0.05) is 0 Å². The van der Waals surface area contributed by atoms with Gasteiger partial charge in [-0.15, -0.1) is 0 Å². The molecule has 0 saturated carbocycles. The molecular formula is C15H18N4O2S. The molecule has 2 aromatic heterocycles. The van der Waals surface area contributed by atoms with Crippen LogP contribution in [0.2, 0.25) is 0 Å². The Morgan fingerprint density at radius 1 is 1.27 bits per heavy atom. The SMILES string of the molecule is CS(=O)(=O)c1cnc(-c2ccncc2)nc1C1CCCNC1. The highest BCUT2D eigenvalue weighted by molar-refractivity contribution is 7.90. The third kappa shape index (κ3) is 3.15. The maximum Gasteiger partial charge on any atom is 0.178 e. The molecule has 7 heteroatoms. The van der Waals surface area contributed by atoms with Crippen molar-refractivity contribution in [2.24, 2.45) is 0 Å². The van der Waals surface area contributed by atoms with E-state index in [0.717, 1.165) is 31.5 Å². The third-order valence-electron chi connectivity index (χ3n) is 3.80. The molecule has 3 rings (SSSR count). The van der Waals surface area contributed by atoms with Crippen molar-refractivity contribution >= 4 is 9.84 Å². The Labute approximate surface area is 130 Å². The van der Waals surface area contributed by atoms with Crippen LogP contribution >= 0.6 is 0 Å². The summed E-state index contributed by atoms with van der Waals surface area (Å²) in [7, 11) is -3.35. The lowest BCUT2D eigenvalue weighted by Crippen LogP contribution is -2.30. The van der Waals surface area contributed by atoms with E-state index in [1.165, 1.54) is 12.5 Å². The number of nitrogens with zero attached hydrogens (tertiary/aromatic N) is 3. The molecule has 1 aliphatic heterocycles. The van der Waals surface area contributed by atoms with Crippen LogP contribution in [0.4, 0.5) is 0 Å². The van der Waals surface area contributed by atoms with E-state index >= 15 is 0 Å². The normalized spacial score (nSPS) is 19.0. The lowest BCUT2D eigenvalue weighted by molar-refractivity contribution is 0.448. The molecule has 1 N–H and O–H groups in total. The Morgan fingerprint density at radius 3 is 2.68 bits per heavy atom. The summed E-state index contributed by atoms with van der Waals surface area (Å²) in [6, 6.07) is 3.64. The Hall–Kier alpha value is -1.86. The van der Waals surface area contributed by atoms with Gasteiger partial charge >= 0.3 is 0 Å². The summed E-state index contributed by atoms with van der Waals surface area (Å²) in [4.78, 5) is 13.0. The van der Waals surface area contributed by atoms with Gasteiger partial charge in [-0.05, 0) is 31.5 Å². The molecule has 116 valence electrons. The zero-order valence-electron chi connectivity index (χ0n) is 12.4. The van der Waals surface area contributed by atoms with Crippen molar-refractivity contribution < 1.29 is 8.42 Å². The quantitative estimate of drug-likeness (QED) is 0.921. The van der Waals surface area contributed by atoms with Crippen LogP contribution in [0.15, 0.2) is 35.6 Å². The first-order valence-corrected chi connectivity index (χ1v) is 9.13. The van der Waals surface area contributed by atoms with Gasteiger partial charge in [0.2, 0.25) is 0 Å². The van der Waals surface area contributed by atoms with E-state index in [0.29, 0.717) is 11.5 Å². The van der Waals surface area contributed by atoms with Crippen LogP contribution in [-0.4, -0.2) is 42.7 Å². The third-order valence-corrected chi connectivity index (χ3v) is 4.92. The van der Waals surface area contributed by atoms with Gasteiger partial charge in [0, 0.05) is 42.9 Å². The molecule has 0 bridgehead atoms. The fourth-order valence-corrected chi connectivity index (χ4v) is 3.52. The monoisotopic (exact) mass is 318 g/mol. The molecule has 1 saturated heterocycles. The number of nitrogens with one attached hydrogen (secondary N) is 1. The molecule has 3 heterocycles. The van der Waals surface area contributed by atoms with Gasteiger partial charge < -0.3 is 5.32 Å². The van der Waals surface area contributed by atoms with E-state index in [-0.39, 0.29) is 10.8 Å². The van der Waals surface area contributed by atoms with Crippen LogP contribution in [0.1, 0.15) is 24.5 Å². The van der Waals surface area contributed by atoms with E-state index < -0.39 is 9.84 Å². The van der Waals surface area contributed by atoms with Crippen LogP contribution in [0.3, 0.4) is 0 Å². The zero-order valence-corrected chi connectivity index (χ0v) is 13.2. The number of piperidine rings is 1. The number of rotatable bonds is 3. The first-order valence-electron chi connectivity index (χ1n) is 7.24. The van der Waals surface area contributed by atoms with Gasteiger partial charge in [-0.25, -0.2) is 18.4 Å². The van der Waals surface area contributed by atoms with Crippen molar-refractivity contribution in [2.75, 3.05) is 19.3 Å². The first-order chi connectivity index (χ1) is 10.6. The van der Waals surface area contributed by atoms with Gasteiger partial charge in [0.1, 0.15) is 4.90 Å². The van der Waals surface area contributed by atoms with Crippen molar-refractivity contribution in [1.29, 1.82) is 0 Å². The van der Waals surface area contributed by atoms with E-state index in [4.69, 9.17) is 0 Å². The summed E-state index contributed by atoms with van der Waals surface area (Å²) < 4.78 is 24.1. The molecule has 6 nitrogen and oxygen atoms in total. The summed E-state index contributed by atoms with van der Waals surface area (Å²) in [6.07, 6.45) is 7.93. The van der Waals surface area contributed by atoms with E-state index in [1.807, 2.05) is 12.1 Å². The largest absolute Gasteiger partial charge is 0.316 e. The van der Waals surface area contributed by atoms with Gasteiger partial charge in [0.05, 0.1) is 5.69 Å². The van der Waals surface area contributed by atoms with Crippen molar-refractivity contribution in [2.45, 2.75) is 23.7 Å². The second-order valence-corrected chi connectivity index (χ2v) is 7.48. The minimum Gasteiger partial charge on any atom is -0.316 e. The predicted octanol–water partition coefficient (Wildman–Crippen LogP) is 1.41. The molecule has 0 radical (unpaired) electrons. The average Bonchev–Trinajstić information content (AvgIpc) is 2.55. The fraction of sp³-hybridized carbons (Fsp3) is 0.400. The average molecular weight is 318 g/mol. The van der Waals surface area contributed by atoms with Crippen LogP contribution in [0, 0.1) is 0 Å². The smallest absolute Gasteiger partial charge is 0.178 e. The summed E-state index contributed by atoms with van der Waals surface area (Å²) in [5.41, 5.74) is 1.46. The molecule has 2 aromatic rings. The lowest BCUT2D eigenvalue weighted by Gasteiger charge is -2.24. The van der Waals surface area contributed by atoms with Crippen LogP contribution < -0.4 is 5.32 Å². The Balaban J connectivity index is 2.10. The second kappa shape index (κ2) is 6.10. The highest BCUT2D eigenvalue weighted by Gasteiger charge is 2.25. The van der Waals surface area contributed by atoms with Gasteiger partial charge in [0.15, 0.2) is 15.7 Å². The summed E-state index contributed by atoms with van der Waals surface area (Å²) in [6.45, 7) is 1.71. The molecule has 0 aromatic carbocycles. The Bertz CT molecular complexity index is 756. The number of hydrogen-bond acceptors (Lipinski definition) is 6. The molecule has 22 heavy (non-hydrogen) atoms. The van der Waals surface area contributed by atoms with Crippen molar-refractivity contribution in [1.82, 2.24) is 20.3 Å². The fourth-order valence-electron chi connectivity index (χ4n) is 2.69. The minimum absolute atomic E-state index is 0.0991. The number of sulfone groups is 1. The maximum absolute atomic E-state index is 12.0. The van der Waals surface area contributed by atoms with Crippen molar-refractivity contribution in [3.63, 3.8) is 0 Å². The number of pyridine rings is 1. The van der Waals surface area contributed by atoms with Crippen LogP contribution in [0.5, 0.6) is 0 Å². The Kier molecular flexibility index (Phi) is 4.17. The molecule has 0 amide bonds. The van der Waals surface area contributed by atoms with Gasteiger partial charge in [0.25, 0.3) is 0 Å². The molecule has 1 fully saturated rings. The van der Waals surface area contributed by atoms with Gasteiger partial charge in [-0.3, -0.25) is 4.98 Å². The highest BCUT2D eigenvalue weighted by Crippen LogP contribution is 2.28. The molecular weight excluding hydrogens is 300 g/mol.